The molecule has 0 aliphatic rings. The van der Waals surface area contributed by atoms with E-state index in [0.717, 1.165) is 11.4 Å². The van der Waals surface area contributed by atoms with Crippen molar-refractivity contribution in [3.8, 4) is 0 Å². The van der Waals surface area contributed by atoms with E-state index in [4.69, 9.17) is 0 Å². The monoisotopic (exact) mass is 310 g/mol. The second-order valence-electron chi connectivity index (χ2n) is 5.52. The van der Waals surface area contributed by atoms with Crippen molar-refractivity contribution in [3.63, 3.8) is 0 Å². The smallest absolute Gasteiger partial charge is 0.272 e. The molecule has 3 aromatic rings. The lowest BCUT2D eigenvalue weighted by atomic mass is 10.1. The van der Waals surface area contributed by atoms with Crippen LogP contribution in [0.2, 0.25) is 0 Å². The number of hydrogen-bond donors (Lipinski definition) is 2. The number of amides is 1. The predicted molar refractivity (Wildman–Crippen MR) is 88.1 cm³/mol. The molecule has 0 aliphatic heterocycles. The highest BCUT2D eigenvalue weighted by Gasteiger charge is 2.11. The van der Waals surface area contributed by atoms with E-state index in [1.807, 2.05) is 36.7 Å². The van der Waals surface area contributed by atoms with Gasteiger partial charge in [-0.2, -0.15) is 5.10 Å². The van der Waals surface area contributed by atoms with Crippen LogP contribution in [0.4, 0.5) is 0 Å². The first kappa shape index (κ1) is 15.0. The second-order valence-corrected chi connectivity index (χ2v) is 5.52. The molecular weight excluding hydrogens is 292 g/mol. The van der Waals surface area contributed by atoms with Crippen LogP contribution in [0.1, 0.15) is 17.1 Å². The minimum atomic E-state index is -0.246. The highest BCUT2D eigenvalue weighted by atomic mass is 16.1. The van der Waals surface area contributed by atoms with Gasteiger partial charge in [-0.3, -0.25) is 9.59 Å². The lowest BCUT2D eigenvalue weighted by Crippen LogP contribution is -2.26. The van der Waals surface area contributed by atoms with Crippen molar-refractivity contribution in [2.24, 2.45) is 7.05 Å². The van der Waals surface area contributed by atoms with Crippen molar-refractivity contribution in [2.75, 3.05) is 0 Å². The molecule has 3 rings (SSSR count). The first-order valence-corrected chi connectivity index (χ1v) is 7.40. The molecule has 118 valence electrons. The zero-order valence-electron chi connectivity index (χ0n) is 13.1. The second kappa shape index (κ2) is 6.08. The zero-order valence-corrected chi connectivity index (χ0v) is 13.1. The summed E-state index contributed by atoms with van der Waals surface area (Å²) in [7, 11) is 1.97. The Hall–Kier alpha value is -2.89. The van der Waals surface area contributed by atoms with E-state index in [1.165, 1.54) is 0 Å². The molecule has 2 heterocycles. The number of benzene rings is 1. The van der Waals surface area contributed by atoms with E-state index in [1.54, 1.807) is 18.2 Å². The molecule has 6 heteroatoms. The van der Waals surface area contributed by atoms with Crippen molar-refractivity contribution >= 4 is 16.7 Å². The van der Waals surface area contributed by atoms with E-state index < -0.39 is 0 Å². The standard InChI is InChI=1S/C17H18N4O2/c1-11-7-8-12(21(11)2)10-18-16(22)9-15-13-5-3-4-6-14(13)17(23)20-19-15/h3-8H,9-10H2,1-2H3,(H,18,22)(H,20,23). The summed E-state index contributed by atoms with van der Waals surface area (Å²) in [4.78, 5) is 23.9. The molecule has 2 aromatic heterocycles. The van der Waals surface area contributed by atoms with Gasteiger partial charge in [0.25, 0.3) is 5.56 Å². The Morgan fingerprint density at radius 1 is 1.22 bits per heavy atom. The van der Waals surface area contributed by atoms with Gasteiger partial charge in [-0.05, 0) is 25.1 Å². The number of fused-ring (bicyclic) bond motifs is 1. The average molecular weight is 310 g/mol. The molecule has 23 heavy (non-hydrogen) atoms. The number of rotatable bonds is 4. The van der Waals surface area contributed by atoms with Crippen LogP contribution in [0.5, 0.6) is 0 Å². The fraction of sp³-hybridized carbons (Fsp3) is 0.235. The summed E-state index contributed by atoms with van der Waals surface area (Å²) >= 11 is 0. The predicted octanol–water partition coefficient (Wildman–Crippen LogP) is 1.43. The van der Waals surface area contributed by atoms with Crippen LogP contribution >= 0.6 is 0 Å². The molecule has 1 aromatic carbocycles. The number of hydrogen-bond acceptors (Lipinski definition) is 3. The molecule has 0 atom stereocenters. The summed E-state index contributed by atoms with van der Waals surface area (Å²) in [6.45, 7) is 2.48. The van der Waals surface area contributed by atoms with Crippen molar-refractivity contribution in [2.45, 2.75) is 19.9 Å². The summed E-state index contributed by atoms with van der Waals surface area (Å²) in [6.07, 6.45) is 0.126. The maximum absolute atomic E-state index is 12.2. The maximum Gasteiger partial charge on any atom is 0.272 e. The van der Waals surface area contributed by atoms with Gasteiger partial charge in [0.05, 0.1) is 24.0 Å². The molecule has 0 spiro atoms. The Bertz CT molecular complexity index is 924. The van der Waals surface area contributed by atoms with Crippen LogP contribution in [-0.4, -0.2) is 20.7 Å². The van der Waals surface area contributed by atoms with Gasteiger partial charge in [-0.25, -0.2) is 5.10 Å². The fourth-order valence-corrected chi connectivity index (χ4v) is 2.55. The number of aryl methyl sites for hydroxylation is 1. The van der Waals surface area contributed by atoms with E-state index in [2.05, 4.69) is 15.5 Å². The van der Waals surface area contributed by atoms with Gasteiger partial charge in [0, 0.05) is 23.8 Å². The minimum absolute atomic E-state index is 0.126. The van der Waals surface area contributed by atoms with Gasteiger partial charge in [0.1, 0.15) is 0 Å². The van der Waals surface area contributed by atoms with Crippen molar-refractivity contribution < 1.29 is 4.79 Å². The highest BCUT2D eigenvalue weighted by molar-refractivity contribution is 5.88. The third-order valence-electron chi connectivity index (χ3n) is 4.05. The fourth-order valence-electron chi connectivity index (χ4n) is 2.55. The average Bonchev–Trinajstić information content (AvgIpc) is 2.88. The van der Waals surface area contributed by atoms with Crippen molar-refractivity contribution in [1.82, 2.24) is 20.1 Å². The Kier molecular flexibility index (Phi) is 3.97. The Morgan fingerprint density at radius 3 is 2.65 bits per heavy atom. The topological polar surface area (TPSA) is 79.8 Å². The first-order chi connectivity index (χ1) is 11.1. The molecule has 1 amide bonds. The van der Waals surface area contributed by atoms with Gasteiger partial charge >= 0.3 is 0 Å². The van der Waals surface area contributed by atoms with Gasteiger partial charge in [-0.1, -0.05) is 18.2 Å². The number of aromatic amines is 1. The lowest BCUT2D eigenvalue weighted by molar-refractivity contribution is -0.120. The summed E-state index contributed by atoms with van der Waals surface area (Å²) in [5, 5.41) is 10.6. The quantitative estimate of drug-likeness (QED) is 0.765. The minimum Gasteiger partial charge on any atom is -0.350 e. The van der Waals surface area contributed by atoms with Crippen LogP contribution in [-0.2, 0) is 24.8 Å². The molecule has 0 fully saturated rings. The molecule has 2 N–H and O–H groups in total. The Labute approximate surface area is 133 Å². The summed E-state index contributed by atoms with van der Waals surface area (Å²) < 4.78 is 2.04. The molecule has 0 unspecified atom stereocenters. The molecule has 0 saturated carbocycles. The van der Waals surface area contributed by atoms with E-state index in [9.17, 15) is 9.59 Å². The SMILES string of the molecule is Cc1ccc(CNC(=O)Cc2n[nH]c(=O)c3ccccc23)n1C. The van der Waals surface area contributed by atoms with Crippen LogP contribution in [0.3, 0.4) is 0 Å². The van der Waals surface area contributed by atoms with Gasteiger partial charge < -0.3 is 9.88 Å². The van der Waals surface area contributed by atoms with Crippen LogP contribution in [0.15, 0.2) is 41.2 Å². The van der Waals surface area contributed by atoms with Crippen LogP contribution < -0.4 is 10.9 Å². The van der Waals surface area contributed by atoms with Crippen LogP contribution in [0.25, 0.3) is 10.8 Å². The van der Waals surface area contributed by atoms with E-state index >= 15 is 0 Å². The van der Waals surface area contributed by atoms with E-state index in [0.29, 0.717) is 23.0 Å². The maximum atomic E-state index is 12.2. The zero-order chi connectivity index (χ0) is 16.4. The molecule has 6 nitrogen and oxygen atoms in total. The summed E-state index contributed by atoms with van der Waals surface area (Å²) in [6, 6.07) is 11.2. The third-order valence-corrected chi connectivity index (χ3v) is 4.05. The Balaban J connectivity index is 1.75. The molecule has 0 aliphatic carbocycles. The number of carbonyl (C=O) groups excluding carboxylic acids is 1. The van der Waals surface area contributed by atoms with E-state index in [-0.39, 0.29) is 17.9 Å². The molecule has 0 bridgehead atoms. The summed E-state index contributed by atoms with van der Waals surface area (Å²) in [5.74, 6) is -0.131. The number of nitrogens with one attached hydrogen (secondary N) is 2. The Morgan fingerprint density at radius 2 is 1.96 bits per heavy atom. The highest BCUT2D eigenvalue weighted by Crippen LogP contribution is 2.13. The molecular formula is C17H18N4O2. The normalized spacial score (nSPS) is 10.9. The van der Waals surface area contributed by atoms with Crippen molar-refractivity contribution in [3.05, 3.63) is 63.8 Å². The number of carbonyl (C=O) groups is 1. The third kappa shape index (κ3) is 3.01. The summed E-state index contributed by atoms with van der Waals surface area (Å²) in [5.41, 5.74) is 2.50. The number of nitrogens with zero attached hydrogens (tertiary/aromatic N) is 2. The first-order valence-electron chi connectivity index (χ1n) is 7.40. The van der Waals surface area contributed by atoms with Gasteiger partial charge in [0.2, 0.25) is 5.91 Å². The molecule has 0 saturated heterocycles. The largest absolute Gasteiger partial charge is 0.350 e. The van der Waals surface area contributed by atoms with Crippen molar-refractivity contribution in [1.29, 1.82) is 0 Å². The van der Waals surface area contributed by atoms with Gasteiger partial charge in [-0.15, -0.1) is 0 Å². The number of aromatic nitrogens is 3. The molecule has 0 radical (unpaired) electrons. The van der Waals surface area contributed by atoms with Gasteiger partial charge in [0.15, 0.2) is 0 Å². The van der Waals surface area contributed by atoms with Crippen LogP contribution in [0, 0.1) is 6.92 Å². The number of H-pyrrole nitrogens is 1. The lowest BCUT2D eigenvalue weighted by Gasteiger charge is -2.08.